The zero-order chi connectivity index (χ0) is 16.7. The molecule has 0 saturated heterocycles. The van der Waals surface area contributed by atoms with Gasteiger partial charge in [-0.1, -0.05) is 18.2 Å². The summed E-state index contributed by atoms with van der Waals surface area (Å²) < 4.78 is 7.25. The summed E-state index contributed by atoms with van der Waals surface area (Å²) in [6, 6.07) is 10.0. The van der Waals surface area contributed by atoms with Crippen molar-refractivity contribution >= 4 is 29.9 Å². The molecule has 24 heavy (non-hydrogen) atoms. The monoisotopic (exact) mass is 443 g/mol. The fourth-order valence-electron chi connectivity index (χ4n) is 1.95. The van der Waals surface area contributed by atoms with Crippen LogP contribution in [0.2, 0.25) is 0 Å². The number of nitrogens with one attached hydrogen (secondary N) is 2. The van der Waals surface area contributed by atoms with Gasteiger partial charge in [0.25, 0.3) is 0 Å². The Labute approximate surface area is 160 Å². The van der Waals surface area contributed by atoms with Gasteiger partial charge < -0.3 is 15.4 Å². The third-order valence-corrected chi connectivity index (χ3v) is 3.57. The van der Waals surface area contributed by atoms with Gasteiger partial charge in [-0.2, -0.15) is 5.10 Å². The van der Waals surface area contributed by atoms with Crippen molar-refractivity contribution in [2.24, 2.45) is 4.99 Å². The number of rotatable bonds is 6. The van der Waals surface area contributed by atoms with E-state index in [0.29, 0.717) is 13.1 Å². The number of aromatic nitrogens is 2. The number of nitrogens with zero attached hydrogens (tertiary/aromatic N) is 3. The van der Waals surface area contributed by atoms with Crippen LogP contribution >= 0.6 is 24.0 Å². The van der Waals surface area contributed by atoms with Crippen LogP contribution in [0.4, 0.5) is 0 Å². The van der Waals surface area contributed by atoms with Gasteiger partial charge >= 0.3 is 0 Å². The van der Waals surface area contributed by atoms with Crippen LogP contribution in [0.15, 0.2) is 47.7 Å². The van der Waals surface area contributed by atoms with Crippen LogP contribution in [0, 0.1) is 0 Å². The van der Waals surface area contributed by atoms with E-state index in [1.807, 2.05) is 61.3 Å². The first-order chi connectivity index (χ1) is 11.0. The minimum atomic E-state index is -0.240. The van der Waals surface area contributed by atoms with Crippen molar-refractivity contribution in [3.8, 4) is 5.69 Å². The average Bonchev–Trinajstić information content (AvgIpc) is 3.05. The molecular weight excluding hydrogens is 417 g/mol. The Kier molecular flexibility index (Phi) is 8.20. The lowest BCUT2D eigenvalue weighted by atomic mass is 10.1. The second-order valence-electron chi connectivity index (χ2n) is 5.87. The van der Waals surface area contributed by atoms with Crippen molar-refractivity contribution in [2.45, 2.75) is 26.0 Å². The minimum absolute atomic E-state index is 0. The van der Waals surface area contributed by atoms with Crippen molar-refractivity contribution in [3.05, 3.63) is 48.3 Å². The number of guanidine groups is 1. The van der Waals surface area contributed by atoms with Gasteiger partial charge in [0, 0.05) is 39.0 Å². The SMILES string of the molecule is CN=C(NCc1cnn(-c2ccccc2)c1)NCC(C)(C)OC.I. The van der Waals surface area contributed by atoms with Gasteiger partial charge in [0.2, 0.25) is 0 Å². The van der Waals surface area contributed by atoms with E-state index in [4.69, 9.17) is 4.74 Å². The van der Waals surface area contributed by atoms with Crippen LogP contribution in [0.1, 0.15) is 19.4 Å². The van der Waals surface area contributed by atoms with Gasteiger partial charge in [-0.15, -0.1) is 24.0 Å². The van der Waals surface area contributed by atoms with E-state index >= 15 is 0 Å². The fourth-order valence-corrected chi connectivity index (χ4v) is 1.95. The predicted octanol–water partition coefficient (Wildman–Crippen LogP) is 2.58. The van der Waals surface area contributed by atoms with E-state index in [-0.39, 0.29) is 29.6 Å². The predicted molar refractivity (Wildman–Crippen MR) is 108 cm³/mol. The molecule has 2 aromatic rings. The Morgan fingerprint density at radius 1 is 1.25 bits per heavy atom. The first kappa shape index (κ1) is 20.4. The maximum atomic E-state index is 5.39. The summed E-state index contributed by atoms with van der Waals surface area (Å²) in [4.78, 5) is 4.22. The van der Waals surface area contributed by atoms with Crippen LogP contribution < -0.4 is 10.6 Å². The second kappa shape index (κ2) is 9.63. The standard InChI is InChI=1S/C17H25N5O.HI/c1-17(2,23-4)13-20-16(18-3)19-10-14-11-21-22(12-14)15-8-6-5-7-9-15;/h5-9,11-12H,10,13H2,1-4H3,(H2,18,19,20);1H. The maximum absolute atomic E-state index is 5.39. The molecule has 7 heteroatoms. The lowest BCUT2D eigenvalue weighted by Gasteiger charge is -2.24. The fraction of sp³-hybridized carbons (Fsp3) is 0.412. The summed E-state index contributed by atoms with van der Waals surface area (Å²) in [5.41, 5.74) is 1.89. The molecule has 0 saturated carbocycles. The van der Waals surface area contributed by atoms with Crippen LogP contribution in [-0.2, 0) is 11.3 Å². The van der Waals surface area contributed by atoms with E-state index < -0.39 is 0 Å². The van der Waals surface area contributed by atoms with E-state index in [9.17, 15) is 0 Å². The third-order valence-electron chi connectivity index (χ3n) is 3.57. The Hall–Kier alpha value is -1.61. The highest BCUT2D eigenvalue weighted by Gasteiger charge is 2.16. The quantitative estimate of drug-likeness (QED) is 0.410. The van der Waals surface area contributed by atoms with Crippen molar-refractivity contribution in [1.29, 1.82) is 0 Å². The largest absolute Gasteiger partial charge is 0.377 e. The van der Waals surface area contributed by atoms with E-state index in [0.717, 1.165) is 17.2 Å². The molecule has 1 aromatic heterocycles. The molecule has 6 nitrogen and oxygen atoms in total. The Morgan fingerprint density at radius 3 is 2.58 bits per heavy atom. The average molecular weight is 443 g/mol. The number of benzene rings is 1. The van der Waals surface area contributed by atoms with Crippen molar-refractivity contribution < 1.29 is 4.74 Å². The Morgan fingerprint density at radius 2 is 1.96 bits per heavy atom. The zero-order valence-corrected chi connectivity index (χ0v) is 16.9. The van der Waals surface area contributed by atoms with Crippen LogP contribution in [0.25, 0.3) is 5.69 Å². The Balaban J connectivity index is 0.00000288. The first-order valence-electron chi connectivity index (χ1n) is 7.63. The molecule has 1 aromatic carbocycles. The van der Waals surface area contributed by atoms with Crippen molar-refractivity contribution in [3.63, 3.8) is 0 Å². The number of hydrogen-bond donors (Lipinski definition) is 2. The van der Waals surface area contributed by atoms with E-state index in [2.05, 4.69) is 20.7 Å². The minimum Gasteiger partial charge on any atom is -0.377 e. The normalized spacial score (nSPS) is 11.8. The van der Waals surface area contributed by atoms with Crippen LogP contribution in [0.5, 0.6) is 0 Å². The van der Waals surface area contributed by atoms with Crippen LogP contribution in [-0.4, -0.2) is 42.0 Å². The molecule has 0 fully saturated rings. The number of methoxy groups -OCH3 is 1. The number of para-hydroxylation sites is 1. The summed E-state index contributed by atoms with van der Waals surface area (Å²) in [6.45, 7) is 5.38. The molecule has 2 rings (SSSR count). The summed E-state index contributed by atoms with van der Waals surface area (Å²) in [7, 11) is 3.46. The molecule has 0 amide bonds. The maximum Gasteiger partial charge on any atom is 0.191 e. The second-order valence-corrected chi connectivity index (χ2v) is 5.87. The number of ether oxygens (including phenoxy) is 1. The molecule has 0 spiro atoms. The molecule has 0 unspecified atom stereocenters. The Bertz CT molecular complexity index is 639. The highest BCUT2D eigenvalue weighted by atomic mass is 127. The lowest BCUT2D eigenvalue weighted by Crippen LogP contribution is -2.45. The molecule has 0 atom stereocenters. The molecule has 2 N–H and O–H groups in total. The van der Waals surface area contributed by atoms with Crippen LogP contribution in [0.3, 0.4) is 0 Å². The van der Waals surface area contributed by atoms with E-state index in [1.165, 1.54) is 0 Å². The summed E-state index contributed by atoms with van der Waals surface area (Å²) in [6.07, 6.45) is 3.86. The molecular formula is C17H26IN5O. The van der Waals surface area contributed by atoms with Gasteiger partial charge in [0.05, 0.1) is 17.5 Å². The van der Waals surface area contributed by atoms with Crippen molar-refractivity contribution in [2.75, 3.05) is 20.7 Å². The number of hydrogen-bond acceptors (Lipinski definition) is 3. The van der Waals surface area contributed by atoms with Gasteiger partial charge in [-0.3, -0.25) is 4.99 Å². The molecule has 0 aliphatic heterocycles. The summed E-state index contributed by atoms with van der Waals surface area (Å²) >= 11 is 0. The summed E-state index contributed by atoms with van der Waals surface area (Å²) in [5, 5.41) is 10.9. The molecule has 1 heterocycles. The van der Waals surface area contributed by atoms with Gasteiger partial charge in [0.1, 0.15) is 0 Å². The van der Waals surface area contributed by atoms with Gasteiger partial charge in [-0.25, -0.2) is 4.68 Å². The van der Waals surface area contributed by atoms with E-state index in [1.54, 1.807) is 14.2 Å². The summed E-state index contributed by atoms with van der Waals surface area (Å²) in [5.74, 6) is 0.739. The highest BCUT2D eigenvalue weighted by Crippen LogP contribution is 2.07. The van der Waals surface area contributed by atoms with Gasteiger partial charge in [0.15, 0.2) is 5.96 Å². The molecule has 0 aliphatic carbocycles. The van der Waals surface area contributed by atoms with Gasteiger partial charge in [-0.05, 0) is 26.0 Å². The topological polar surface area (TPSA) is 63.5 Å². The number of aliphatic imine (C=N–C) groups is 1. The molecule has 132 valence electrons. The smallest absolute Gasteiger partial charge is 0.191 e. The highest BCUT2D eigenvalue weighted by molar-refractivity contribution is 14.0. The molecule has 0 radical (unpaired) electrons. The lowest BCUT2D eigenvalue weighted by molar-refractivity contribution is 0.0268. The third kappa shape index (κ3) is 6.12. The first-order valence-corrected chi connectivity index (χ1v) is 7.63. The molecule has 0 bridgehead atoms. The zero-order valence-electron chi connectivity index (χ0n) is 14.6. The van der Waals surface area contributed by atoms with Crippen molar-refractivity contribution in [1.82, 2.24) is 20.4 Å². The molecule has 0 aliphatic rings. The number of halogens is 1.